The topological polar surface area (TPSA) is 61.0 Å². The lowest BCUT2D eigenvalue weighted by Crippen LogP contribution is -2.09. The number of halogens is 1. The minimum atomic E-state index is -0.0587. The lowest BCUT2D eigenvalue weighted by atomic mass is 10.1. The van der Waals surface area contributed by atoms with Crippen LogP contribution >= 0.6 is 15.9 Å². The van der Waals surface area contributed by atoms with Crippen molar-refractivity contribution in [3.63, 3.8) is 0 Å². The van der Waals surface area contributed by atoms with E-state index in [4.69, 9.17) is 10.5 Å². The molecule has 0 saturated carbocycles. The van der Waals surface area contributed by atoms with Gasteiger partial charge in [0.2, 0.25) is 0 Å². The lowest BCUT2D eigenvalue weighted by molar-refractivity contribution is 0.412. The smallest absolute Gasteiger partial charge is 0.159 e. The molecule has 1 atom stereocenters. The number of hydrogen-bond donors (Lipinski definition) is 1. The van der Waals surface area contributed by atoms with Gasteiger partial charge in [0.1, 0.15) is 5.75 Å². The molecule has 0 saturated heterocycles. The van der Waals surface area contributed by atoms with Crippen molar-refractivity contribution in [1.82, 2.24) is 9.97 Å². The van der Waals surface area contributed by atoms with Gasteiger partial charge in [-0.2, -0.15) is 0 Å². The molecule has 0 radical (unpaired) electrons. The number of nitrogens with two attached hydrogens (primary N) is 1. The molecular weight excluding hydrogens is 306 g/mol. The molecule has 0 spiro atoms. The molecule has 2 rings (SSSR count). The van der Waals surface area contributed by atoms with Gasteiger partial charge in [-0.3, -0.25) is 0 Å². The summed E-state index contributed by atoms with van der Waals surface area (Å²) in [6, 6.07) is 5.71. The Morgan fingerprint density at radius 3 is 2.63 bits per heavy atom. The standard InChI is InChI=1S/C14H16BrN3O/c1-8(16)11-7-17-14(18-9(11)2)10-4-5-13(19-3)12(15)6-10/h4-8H,16H2,1-3H3/t8-/m1/s1. The number of hydrogen-bond acceptors (Lipinski definition) is 4. The average molecular weight is 322 g/mol. The summed E-state index contributed by atoms with van der Waals surface area (Å²) >= 11 is 3.46. The zero-order chi connectivity index (χ0) is 14.0. The van der Waals surface area contributed by atoms with Gasteiger partial charge in [0.25, 0.3) is 0 Å². The van der Waals surface area contributed by atoms with Crippen LogP contribution in [0.25, 0.3) is 11.4 Å². The maximum atomic E-state index is 5.86. The van der Waals surface area contributed by atoms with Gasteiger partial charge in [-0.1, -0.05) is 0 Å². The van der Waals surface area contributed by atoms with Crippen LogP contribution in [0.5, 0.6) is 5.75 Å². The van der Waals surface area contributed by atoms with Crippen LogP contribution < -0.4 is 10.5 Å². The van der Waals surface area contributed by atoms with E-state index in [2.05, 4.69) is 25.9 Å². The molecule has 1 aromatic heterocycles. The molecule has 0 amide bonds. The number of aryl methyl sites for hydroxylation is 1. The molecule has 2 aromatic rings. The molecular formula is C14H16BrN3O. The second kappa shape index (κ2) is 5.67. The van der Waals surface area contributed by atoms with Crippen LogP contribution in [0.4, 0.5) is 0 Å². The van der Waals surface area contributed by atoms with E-state index in [9.17, 15) is 0 Å². The van der Waals surface area contributed by atoms with Crippen molar-refractivity contribution < 1.29 is 4.74 Å². The zero-order valence-corrected chi connectivity index (χ0v) is 12.7. The van der Waals surface area contributed by atoms with Gasteiger partial charge in [-0.15, -0.1) is 0 Å². The summed E-state index contributed by atoms with van der Waals surface area (Å²) in [4.78, 5) is 8.88. The van der Waals surface area contributed by atoms with Crippen molar-refractivity contribution in [2.75, 3.05) is 7.11 Å². The summed E-state index contributed by atoms with van der Waals surface area (Å²) in [6.45, 7) is 3.87. The molecule has 1 heterocycles. The van der Waals surface area contributed by atoms with E-state index >= 15 is 0 Å². The molecule has 0 bridgehead atoms. The molecule has 0 unspecified atom stereocenters. The molecule has 1 aromatic carbocycles. The maximum absolute atomic E-state index is 5.86. The molecule has 5 heteroatoms. The first-order valence-electron chi connectivity index (χ1n) is 5.96. The van der Waals surface area contributed by atoms with Crippen LogP contribution in [0.3, 0.4) is 0 Å². The fourth-order valence-electron chi connectivity index (χ4n) is 1.87. The van der Waals surface area contributed by atoms with Gasteiger partial charge in [0.05, 0.1) is 11.6 Å². The van der Waals surface area contributed by atoms with E-state index in [-0.39, 0.29) is 6.04 Å². The highest BCUT2D eigenvalue weighted by Gasteiger charge is 2.10. The third-order valence-corrected chi connectivity index (χ3v) is 3.54. The Balaban J connectivity index is 2.42. The Morgan fingerprint density at radius 1 is 1.37 bits per heavy atom. The number of rotatable bonds is 3. The van der Waals surface area contributed by atoms with Gasteiger partial charge >= 0.3 is 0 Å². The van der Waals surface area contributed by atoms with Gasteiger partial charge < -0.3 is 10.5 Å². The van der Waals surface area contributed by atoms with Crippen LogP contribution in [0.15, 0.2) is 28.9 Å². The summed E-state index contributed by atoms with van der Waals surface area (Å²) in [5.74, 6) is 1.47. The predicted octanol–water partition coefficient (Wildman–Crippen LogP) is 3.24. The van der Waals surface area contributed by atoms with Crippen LogP contribution in [-0.4, -0.2) is 17.1 Å². The van der Waals surface area contributed by atoms with E-state index in [1.807, 2.05) is 32.0 Å². The predicted molar refractivity (Wildman–Crippen MR) is 79.1 cm³/mol. The number of benzene rings is 1. The van der Waals surface area contributed by atoms with E-state index in [1.54, 1.807) is 13.3 Å². The minimum absolute atomic E-state index is 0.0587. The van der Waals surface area contributed by atoms with Crippen LogP contribution in [0.2, 0.25) is 0 Å². The molecule has 0 aliphatic carbocycles. The lowest BCUT2D eigenvalue weighted by Gasteiger charge is -2.10. The summed E-state index contributed by atoms with van der Waals surface area (Å²) in [5.41, 5.74) is 8.68. The first-order chi connectivity index (χ1) is 9.02. The second-order valence-corrected chi connectivity index (χ2v) is 5.23. The van der Waals surface area contributed by atoms with Gasteiger partial charge in [-0.25, -0.2) is 9.97 Å². The Hall–Kier alpha value is -1.46. The second-order valence-electron chi connectivity index (χ2n) is 4.37. The normalized spacial score (nSPS) is 12.3. The first-order valence-corrected chi connectivity index (χ1v) is 6.75. The summed E-state index contributed by atoms with van der Waals surface area (Å²) < 4.78 is 6.09. The van der Waals surface area contributed by atoms with E-state index in [1.165, 1.54) is 0 Å². The highest BCUT2D eigenvalue weighted by Crippen LogP contribution is 2.29. The van der Waals surface area contributed by atoms with Crippen molar-refractivity contribution in [3.05, 3.63) is 40.1 Å². The van der Waals surface area contributed by atoms with Crippen LogP contribution in [-0.2, 0) is 0 Å². The van der Waals surface area contributed by atoms with Crippen LogP contribution in [0.1, 0.15) is 24.2 Å². The Bertz CT molecular complexity index is 599. The van der Waals surface area contributed by atoms with Gasteiger partial charge in [0, 0.05) is 29.1 Å². The molecule has 0 fully saturated rings. The third kappa shape index (κ3) is 2.93. The van der Waals surface area contributed by atoms with Crippen molar-refractivity contribution >= 4 is 15.9 Å². The summed E-state index contributed by atoms with van der Waals surface area (Å²) in [6.07, 6.45) is 1.79. The third-order valence-electron chi connectivity index (χ3n) is 2.92. The number of methoxy groups -OCH3 is 1. The summed E-state index contributed by atoms with van der Waals surface area (Å²) in [7, 11) is 1.64. The molecule has 4 nitrogen and oxygen atoms in total. The summed E-state index contributed by atoms with van der Waals surface area (Å²) in [5, 5.41) is 0. The highest BCUT2D eigenvalue weighted by atomic mass is 79.9. The number of nitrogens with zero attached hydrogens (tertiary/aromatic N) is 2. The minimum Gasteiger partial charge on any atom is -0.496 e. The fraction of sp³-hybridized carbons (Fsp3) is 0.286. The largest absolute Gasteiger partial charge is 0.496 e. The molecule has 0 aliphatic rings. The van der Waals surface area contributed by atoms with Crippen molar-refractivity contribution in [2.45, 2.75) is 19.9 Å². The molecule has 100 valence electrons. The van der Waals surface area contributed by atoms with Crippen molar-refractivity contribution in [3.8, 4) is 17.1 Å². The van der Waals surface area contributed by atoms with Crippen molar-refractivity contribution in [1.29, 1.82) is 0 Å². The number of aromatic nitrogens is 2. The molecule has 19 heavy (non-hydrogen) atoms. The quantitative estimate of drug-likeness (QED) is 0.942. The van der Waals surface area contributed by atoms with E-state index < -0.39 is 0 Å². The van der Waals surface area contributed by atoms with E-state index in [0.717, 1.165) is 27.0 Å². The maximum Gasteiger partial charge on any atom is 0.159 e. The van der Waals surface area contributed by atoms with E-state index in [0.29, 0.717) is 5.82 Å². The fourth-order valence-corrected chi connectivity index (χ4v) is 2.41. The average Bonchev–Trinajstić information content (AvgIpc) is 2.38. The van der Waals surface area contributed by atoms with Gasteiger partial charge in [0.15, 0.2) is 5.82 Å². The zero-order valence-electron chi connectivity index (χ0n) is 11.1. The molecule has 0 aliphatic heterocycles. The van der Waals surface area contributed by atoms with Gasteiger partial charge in [-0.05, 0) is 48.0 Å². The monoisotopic (exact) mass is 321 g/mol. The molecule has 2 N–H and O–H groups in total. The van der Waals surface area contributed by atoms with Crippen LogP contribution in [0, 0.1) is 6.92 Å². The number of ether oxygens (including phenoxy) is 1. The Kier molecular flexibility index (Phi) is 4.17. The first kappa shape index (κ1) is 14.0. The SMILES string of the molecule is COc1ccc(-c2ncc([C@@H](C)N)c(C)n2)cc1Br. The van der Waals surface area contributed by atoms with Crippen molar-refractivity contribution in [2.24, 2.45) is 5.73 Å². The Morgan fingerprint density at radius 2 is 2.11 bits per heavy atom. The highest BCUT2D eigenvalue weighted by molar-refractivity contribution is 9.10. The Labute approximate surface area is 121 Å².